The van der Waals surface area contributed by atoms with Crippen LogP contribution < -0.4 is 4.43 Å². The lowest BCUT2D eigenvalue weighted by Gasteiger charge is -2.58. The van der Waals surface area contributed by atoms with Gasteiger partial charge in [0.25, 0.3) is 0 Å². The molecule has 0 spiro atoms. The zero-order chi connectivity index (χ0) is 32.1. The Balaban J connectivity index is 1.51. The highest BCUT2D eigenvalue weighted by atomic mass is 79.9. The van der Waals surface area contributed by atoms with Gasteiger partial charge in [-0.25, -0.2) is 0 Å². The number of hydrogen-bond donors (Lipinski definition) is 0. The van der Waals surface area contributed by atoms with E-state index < -0.39 is 17.4 Å². The van der Waals surface area contributed by atoms with Crippen LogP contribution in [-0.2, 0) is 21.7 Å². The minimum atomic E-state index is -1.88. The SMILES string of the molecule is C[SiH](C)Oc1c(CCC=C(CO[Si](C)(C)C(C)(C)C)c2cccc(Br)c2)ccc(C(C)(C)C)c1C12CC3CC(CC(C3)C1)C2. The predicted octanol–water partition coefficient (Wildman–Crippen LogP) is 11.6. The zero-order valence-corrected chi connectivity index (χ0v) is 33.1. The van der Waals surface area contributed by atoms with Gasteiger partial charge in [0.15, 0.2) is 8.32 Å². The summed E-state index contributed by atoms with van der Waals surface area (Å²) in [5, 5.41) is 0.185. The van der Waals surface area contributed by atoms with Gasteiger partial charge in [0, 0.05) is 15.5 Å². The molecular formula is C39H59BrO2Si2. The average Bonchev–Trinajstić information content (AvgIpc) is 2.88. The van der Waals surface area contributed by atoms with Crippen LogP contribution in [0.4, 0.5) is 0 Å². The molecule has 0 atom stereocenters. The molecule has 6 rings (SSSR count). The van der Waals surface area contributed by atoms with Crippen molar-refractivity contribution in [2.24, 2.45) is 17.8 Å². The van der Waals surface area contributed by atoms with E-state index in [2.05, 4.69) is 126 Å². The van der Waals surface area contributed by atoms with Crippen LogP contribution in [0, 0.1) is 17.8 Å². The molecule has 5 heteroatoms. The molecule has 2 aromatic rings. The molecule has 0 radical (unpaired) electrons. The molecule has 4 saturated carbocycles. The number of halogens is 1. The topological polar surface area (TPSA) is 18.5 Å². The van der Waals surface area contributed by atoms with E-state index in [0.29, 0.717) is 12.0 Å². The lowest BCUT2D eigenvalue weighted by Crippen LogP contribution is -2.49. The van der Waals surface area contributed by atoms with Gasteiger partial charge in [0.1, 0.15) is 5.75 Å². The summed E-state index contributed by atoms with van der Waals surface area (Å²) in [6.07, 6.45) is 13.0. The van der Waals surface area contributed by atoms with Gasteiger partial charge in [0.2, 0.25) is 9.04 Å². The Morgan fingerprint density at radius 1 is 0.955 bits per heavy atom. The van der Waals surface area contributed by atoms with Gasteiger partial charge in [-0.2, -0.15) is 0 Å². The fraction of sp³-hybridized carbons (Fsp3) is 0.641. The van der Waals surface area contributed by atoms with Crippen molar-refractivity contribution < 1.29 is 8.85 Å². The highest BCUT2D eigenvalue weighted by molar-refractivity contribution is 9.10. The maximum atomic E-state index is 7.08. The fourth-order valence-corrected chi connectivity index (χ4v) is 10.7. The average molecular weight is 696 g/mol. The maximum Gasteiger partial charge on any atom is 0.229 e. The first-order valence-electron chi connectivity index (χ1n) is 17.4. The summed E-state index contributed by atoms with van der Waals surface area (Å²) < 4.78 is 15.0. The fourth-order valence-electron chi connectivity index (χ4n) is 8.59. The normalized spacial score (nSPS) is 25.6. The van der Waals surface area contributed by atoms with Gasteiger partial charge in [-0.1, -0.05) is 87.8 Å². The standard InChI is InChI=1S/C39H59BrO2Si2/c1-37(2,3)34-18-17-30(36(42-43(7)8)35(34)39-23-27-19-28(24-39)21-29(20-27)25-39)13-11-15-32(31-14-12-16-33(40)22-31)26-41-44(9,10)38(4,5)6/h12,14-18,22,27-29,43H,11,13,19-21,23-26H2,1-10H3. The van der Waals surface area contributed by atoms with Crippen molar-refractivity contribution in [2.75, 3.05) is 6.61 Å². The maximum absolute atomic E-state index is 7.08. The minimum absolute atomic E-state index is 0.0999. The van der Waals surface area contributed by atoms with Crippen LogP contribution in [-0.4, -0.2) is 24.0 Å². The van der Waals surface area contributed by atoms with E-state index in [1.807, 2.05) is 0 Å². The molecule has 0 heterocycles. The van der Waals surface area contributed by atoms with Crippen LogP contribution in [0.1, 0.15) is 109 Å². The Hall–Kier alpha value is -1.15. The Labute approximate surface area is 280 Å². The third-order valence-electron chi connectivity index (χ3n) is 11.4. The minimum Gasteiger partial charge on any atom is -0.547 e. The second-order valence-electron chi connectivity index (χ2n) is 17.4. The molecular weight excluding hydrogens is 637 g/mol. The Morgan fingerprint density at radius 2 is 1.57 bits per heavy atom. The first-order valence-corrected chi connectivity index (χ1v) is 23.9. The lowest BCUT2D eigenvalue weighted by atomic mass is 9.47. The summed E-state index contributed by atoms with van der Waals surface area (Å²) in [4.78, 5) is 0. The summed E-state index contributed by atoms with van der Waals surface area (Å²) in [5.41, 5.74) is 7.54. The second-order valence-corrected chi connectivity index (χ2v) is 25.5. The summed E-state index contributed by atoms with van der Waals surface area (Å²) in [6, 6.07) is 13.6. The molecule has 4 aliphatic rings. The predicted molar refractivity (Wildman–Crippen MR) is 198 cm³/mol. The Morgan fingerprint density at radius 3 is 2.09 bits per heavy atom. The third kappa shape index (κ3) is 7.37. The summed E-state index contributed by atoms with van der Waals surface area (Å²) >= 11 is 3.71. The molecule has 4 fully saturated rings. The van der Waals surface area contributed by atoms with Crippen molar-refractivity contribution in [1.82, 2.24) is 0 Å². The van der Waals surface area contributed by atoms with E-state index in [1.165, 1.54) is 61.0 Å². The van der Waals surface area contributed by atoms with Gasteiger partial charge < -0.3 is 8.85 Å². The van der Waals surface area contributed by atoms with Gasteiger partial charge in [0.05, 0.1) is 6.61 Å². The van der Waals surface area contributed by atoms with E-state index in [1.54, 1.807) is 11.1 Å². The number of allylic oxidation sites excluding steroid dienone is 1. The van der Waals surface area contributed by atoms with E-state index in [-0.39, 0.29) is 10.5 Å². The van der Waals surface area contributed by atoms with Crippen LogP contribution in [0.3, 0.4) is 0 Å². The van der Waals surface area contributed by atoms with Crippen molar-refractivity contribution in [1.29, 1.82) is 0 Å². The van der Waals surface area contributed by atoms with Crippen LogP contribution in [0.2, 0.25) is 31.2 Å². The van der Waals surface area contributed by atoms with Gasteiger partial charge in [-0.3, -0.25) is 0 Å². The van der Waals surface area contributed by atoms with E-state index >= 15 is 0 Å². The van der Waals surface area contributed by atoms with Crippen LogP contribution in [0.5, 0.6) is 5.75 Å². The highest BCUT2D eigenvalue weighted by Gasteiger charge is 2.54. The largest absolute Gasteiger partial charge is 0.547 e. The molecule has 2 nitrogen and oxygen atoms in total. The van der Waals surface area contributed by atoms with Crippen LogP contribution >= 0.6 is 15.9 Å². The highest BCUT2D eigenvalue weighted by Crippen LogP contribution is 2.63. The number of hydrogen-bond acceptors (Lipinski definition) is 2. The molecule has 0 amide bonds. The van der Waals surface area contributed by atoms with Crippen LogP contribution in [0.15, 0.2) is 46.9 Å². The Kier molecular flexibility index (Phi) is 9.95. The molecule has 0 unspecified atom stereocenters. The zero-order valence-electron chi connectivity index (χ0n) is 29.4. The summed E-state index contributed by atoms with van der Waals surface area (Å²) in [6.45, 7) is 24.3. The molecule has 0 saturated heterocycles. The van der Waals surface area contributed by atoms with Gasteiger partial charge >= 0.3 is 0 Å². The van der Waals surface area contributed by atoms with Crippen molar-refractivity contribution in [2.45, 2.75) is 135 Å². The molecule has 2 aromatic carbocycles. The third-order valence-corrected chi connectivity index (χ3v) is 17.0. The van der Waals surface area contributed by atoms with Crippen molar-refractivity contribution in [3.63, 3.8) is 0 Å². The molecule has 0 aliphatic heterocycles. The number of aryl methyl sites for hydroxylation is 1. The lowest BCUT2D eigenvalue weighted by molar-refractivity contribution is -0.00662. The number of benzene rings is 2. The molecule has 0 aromatic heterocycles. The monoisotopic (exact) mass is 694 g/mol. The smallest absolute Gasteiger partial charge is 0.229 e. The molecule has 0 N–H and O–H groups in total. The summed E-state index contributed by atoms with van der Waals surface area (Å²) in [5.74, 6) is 4.03. The van der Waals surface area contributed by atoms with Crippen molar-refractivity contribution in [3.05, 3.63) is 69.2 Å². The molecule has 4 aliphatic carbocycles. The molecule has 242 valence electrons. The first-order chi connectivity index (χ1) is 20.5. The van der Waals surface area contributed by atoms with E-state index in [4.69, 9.17) is 8.85 Å². The van der Waals surface area contributed by atoms with Crippen molar-refractivity contribution in [3.8, 4) is 5.75 Å². The van der Waals surface area contributed by atoms with Gasteiger partial charge in [-0.15, -0.1) is 0 Å². The van der Waals surface area contributed by atoms with Crippen LogP contribution in [0.25, 0.3) is 5.57 Å². The van der Waals surface area contributed by atoms with Crippen molar-refractivity contribution >= 4 is 38.9 Å². The quantitative estimate of drug-likeness (QED) is 0.230. The summed E-state index contributed by atoms with van der Waals surface area (Å²) in [7, 11) is -3.20. The van der Waals surface area contributed by atoms with Gasteiger partial charge in [-0.05, 0) is 140 Å². The van der Waals surface area contributed by atoms with E-state index in [9.17, 15) is 0 Å². The first kappa shape index (κ1) is 34.2. The number of rotatable bonds is 10. The molecule has 4 bridgehead atoms. The van der Waals surface area contributed by atoms with E-state index in [0.717, 1.165) is 35.1 Å². The second kappa shape index (κ2) is 12.8. The Bertz CT molecular complexity index is 1330. The molecule has 44 heavy (non-hydrogen) atoms.